The van der Waals surface area contributed by atoms with E-state index in [4.69, 9.17) is 0 Å². The van der Waals surface area contributed by atoms with Crippen LogP contribution in [0.1, 0.15) is 19.3 Å². The number of amides is 2. The van der Waals surface area contributed by atoms with E-state index in [2.05, 4.69) is 15.9 Å². The van der Waals surface area contributed by atoms with Gasteiger partial charge in [-0.1, -0.05) is 15.9 Å². The third-order valence-corrected chi connectivity index (χ3v) is 5.54. The van der Waals surface area contributed by atoms with Crippen LogP contribution in [0.2, 0.25) is 0 Å². The van der Waals surface area contributed by atoms with Crippen LogP contribution in [0.15, 0.2) is 28.7 Å². The molecular formula is C15H14BrNO2. The van der Waals surface area contributed by atoms with Crippen molar-refractivity contribution in [2.24, 2.45) is 23.7 Å². The minimum absolute atomic E-state index is 0.0320. The van der Waals surface area contributed by atoms with Gasteiger partial charge in [0, 0.05) is 4.47 Å². The maximum absolute atomic E-state index is 12.6. The first-order valence-electron chi connectivity index (χ1n) is 6.80. The van der Waals surface area contributed by atoms with Gasteiger partial charge in [-0.15, -0.1) is 0 Å². The third kappa shape index (κ3) is 1.49. The van der Waals surface area contributed by atoms with Crippen molar-refractivity contribution < 1.29 is 9.59 Å². The molecule has 0 N–H and O–H groups in total. The first-order valence-corrected chi connectivity index (χ1v) is 7.59. The maximum atomic E-state index is 12.6. The predicted molar refractivity (Wildman–Crippen MR) is 74.4 cm³/mol. The van der Waals surface area contributed by atoms with Crippen LogP contribution in [0.3, 0.4) is 0 Å². The van der Waals surface area contributed by atoms with Gasteiger partial charge in [-0.05, 0) is 55.4 Å². The van der Waals surface area contributed by atoms with Crippen LogP contribution in [-0.2, 0) is 9.59 Å². The summed E-state index contributed by atoms with van der Waals surface area (Å²) in [4.78, 5) is 26.6. The molecule has 4 atom stereocenters. The second-order valence-corrected chi connectivity index (χ2v) is 6.79. The number of halogens is 1. The highest BCUT2D eigenvalue weighted by Gasteiger charge is 2.61. The molecule has 3 aliphatic rings. The summed E-state index contributed by atoms with van der Waals surface area (Å²) in [5.41, 5.74) is 0.715. The predicted octanol–water partition coefficient (Wildman–Crippen LogP) is 2.98. The highest BCUT2D eigenvalue weighted by atomic mass is 79.9. The molecule has 0 aromatic heterocycles. The smallest absolute Gasteiger partial charge is 0.237 e. The standard InChI is InChI=1S/C15H14BrNO2/c16-10-3-5-11(6-4-10)17-14(18)12-8-1-2-9(7-8)13(12)15(17)19/h3-6,8-9,12-13H,1-2,7H2/t8-,9-,12+,13+/m0/s1. The molecule has 2 saturated carbocycles. The number of rotatable bonds is 1. The van der Waals surface area contributed by atoms with E-state index in [0.29, 0.717) is 17.5 Å². The molecule has 98 valence electrons. The number of hydrogen-bond donors (Lipinski definition) is 0. The monoisotopic (exact) mass is 319 g/mol. The molecule has 1 aliphatic heterocycles. The Morgan fingerprint density at radius 3 is 2.00 bits per heavy atom. The molecule has 3 fully saturated rings. The molecule has 2 amide bonds. The summed E-state index contributed by atoms with van der Waals surface area (Å²) in [6.45, 7) is 0. The summed E-state index contributed by atoms with van der Waals surface area (Å²) in [7, 11) is 0. The van der Waals surface area contributed by atoms with Gasteiger partial charge in [-0.2, -0.15) is 0 Å². The Balaban J connectivity index is 1.73. The summed E-state index contributed by atoms with van der Waals surface area (Å²) in [5, 5.41) is 0. The normalized spacial score (nSPS) is 36.2. The topological polar surface area (TPSA) is 37.4 Å². The molecule has 2 bridgehead atoms. The molecule has 0 unspecified atom stereocenters. The van der Waals surface area contributed by atoms with Gasteiger partial charge < -0.3 is 0 Å². The number of imide groups is 1. The molecule has 0 spiro atoms. The van der Waals surface area contributed by atoms with E-state index >= 15 is 0 Å². The first kappa shape index (κ1) is 11.6. The van der Waals surface area contributed by atoms with E-state index in [0.717, 1.165) is 23.7 Å². The second kappa shape index (κ2) is 3.92. The number of carbonyl (C=O) groups is 2. The molecule has 4 heteroatoms. The zero-order valence-corrected chi connectivity index (χ0v) is 12.0. The lowest BCUT2D eigenvalue weighted by Crippen LogP contribution is -2.32. The zero-order valence-electron chi connectivity index (χ0n) is 10.4. The van der Waals surface area contributed by atoms with Gasteiger partial charge >= 0.3 is 0 Å². The van der Waals surface area contributed by atoms with Crippen molar-refractivity contribution in [1.29, 1.82) is 0 Å². The van der Waals surface area contributed by atoms with Crippen LogP contribution in [0, 0.1) is 23.7 Å². The average Bonchev–Trinajstić information content (AvgIpc) is 3.06. The van der Waals surface area contributed by atoms with Crippen molar-refractivity contribution in [3.05, 3.63) is 28.7 Å². The third-order valence-electron chi connectivity index (χ3n) is 5.01. The van der Waals surface area contributed by atoms with Gasteiger partial charge in [-0.25, -0.2) is 0 Å². The molecular weight excluding hydrogens is 306 g/mol. The Morgan fingerprint density at radius 1 is 0.947 bits per heavy atom. The van der Waals surface area contributed by atoms with Gasteiger partial charge in [-0.3, -0.25) is 14.5 Å². The number of nitrogens with zero attached hydrogens (tertiary/aromatic N) is 1. The van der Waals surface area contributed by atoms with Crippen LogP contribution in [-0.4, -0.2) is 11.8 Å². The molecule has 1 aromatic carbocycles. The van der Waals surface area contributed by atoms with E-state index in [-0.39, 0.29) is 23.7 Å². The Morgan fingerprint density at radius 2 is 1.47 bits per heavy atom. The van der Waals surface area contributed by atoms with Crippen molar-refractivity contribution in [1.82, 2.24) is 0 Å². The molecule has 1 aromatic rings. The van der Waals surface area contributed by atoms with Crippen LogP contribution < -0.4 is 4.90 Å². The van der Waals surface area contributed by atoms with E-state index in [1.807, 2.05) is 24.3 Å². The van der Waals surface area contributed by atoms with E-state index in [1.54, 1.807) is 0 Å². The maximum Gasteiger partial charge on any atom is 0.237 e. The van der Waals surface area contributed by atoms with E-state index in [9.17, 15) is 9.59 Å². The lowest BCUT2D eigenvalue weighted by molar-refractivity contribution is -0.123. The fourth-order valence-electron chi connectivity index (χ4n) is 4.25. The molecule has 1 heterocycles. The molecule has 4 rings (SSSR count). The average molecular weight is 320 g/mol. The van der Waals surface area contributed by atoms with Crippen molar-refractivity contribution in [3.8, 4) is 0 Å². The lowest BCUT2D eigenvalue weighted by atomic mass is 9.81. The van der Waals surface area contributed by atoms with Crippen LogP contribution >= 0.6 is 15.9 Å². The van der Waals surface area contributed by atoms with Crippen molar-refractivity contribution in [3.63, 3.8) is 0 Å². The van der Waals surface area contributed by atoms with Crippen LogP contribution in [0.5, 0.6) is 0 Å². The van der Waals surface area contributed by atoms with Crippen molar-refractivity contribution in [2.45, 2.75) is 19.3 Å². The minimum Gasteiger partial charge on any atom is -0.274 e. The fraction of sp³-hybridized carbons (Fsp3) is 0.467. The van der Waals surface area contributed by atoms with Gasteiger partial charge in [0.1, 0.15) is 0 Å². The quantitative estimate of drug-likeness (QED) is 0.746. The summed E-state index contributed by atoms with van der Waals surface area (Å²) in [6, 6.07) is 7.42. The minimum atomic E-state index is -0.0325. The number of benzene rings is 1. The van der Waals surface area contributed by atoms with Gasteiger partial charge in [0.05, 0.1) is 17.5 Å². The largest absolute Gasteiger partial charge is 0.274 e. The van der Waals surface area contributed by atoms with Gasteiger partial charge in [0.15, 0.2) is 0 Å². The Kier molecular flexibility index (Phi) is 2.40. The number of carbonyl (C=O) groups excluding carboxylic acids is 2. The molecule has 19 heavy (non-hydrogen) atoms. The van der Waals surface area contributed by atoms with Gasteiger partial charge in [0.25, 0.3) is 0 Å². The van der Waals surface area contributed by atoms with Crippen molar-refractivity contribution in [2.75, 3.05) is 4.90 Å². The number of anilines is 1. The zero-order chi connectivity index (χ0) is 13.1. The molecule has 1 saturated heterocycles. The SMILES string of the molecule is O=C1[C@@H]2[C@H]3CC[C@@H](C3)[C@H]2C(=O)N1c1ccc(Br)cc1. The van der Waals surface area contributed by atoms with Gasteiger partial charge in [0.2, 0.25) is 11.8 Å². The Hall–Kier alpha value is -1.16. The highest BCUT2D eigenvalue weighted by molar-refractivity contribution is 9.10. The molecule has 0 radical (unpaired) electrons. The van der Waals surface area contributed by atoms with E-state index in [1.165, 1.54) is 4.90 Å². The second-order valence-electron chi connectivity index (χ2n) is 5.87. The summed E-state index contributed by atoms with van der Waals surface area (Å²) in [5.74, 6) is 0.901. The van der Waals surface area contributed by atoms with Crippen LogP contribution in [0.4, 0.5) is 5.69 Å². The van der Waals surface area contributed by atoms with Crippen LogP contribution in [0.25, 0.3) is 0 Å². The summed E-state index contributed by atoms with van der Waals surface area (Å²) >= 11 is 3.37. The first-order chi connectivity index (χ1) is 9.16. The Labute approximate surface area is 120 Å². The van der Waals surface area contributed by atoms with E-state index < -0.39 is 0 Å². The number of fused-ring (bicyclic) bond motifs is 5. The molecule has 3 nitrogen and oxygen atoms in total. The highest BCUT2D eigenvalue weighted by Crippen LogP contribution is 2.56. The van der Waals surface area contributed by atoms with Crippen molar-refractivity contribution >= 4 is 33.4 Å². The summed E-state index contributed by atoms with van der Waals surface area (Å²) < 4.78 is 0.954. The Bertz CT molecular complexity index is 540. The molecule has 2 aliphatic carbocycles. The fourth-order valence-corrected chi connectivity index (χ4v) is 4.52. The lowest BCUT2D eigenvalue weighted by Gasteiger charge is -2.19. The summed E-state index contributed by atoms with van der Waals surface area (Å²) in [6.07, 6.45) is 3.33. The number of hydrogen-bond acceptors (Lipinski definition) is 2.